The highest BCUT2D eigenvalue weighted by Crippen LogP contribution is 2.19. The first-order chi connectivity index (χ1) is 7.13. The third kappa shape index (κ3) is 2.10. The maximum absolute atomic E-state index is 11.4. The highest BCUT2D eigenvalue weighted by Gasteiger charge is 2.18. The normalized spacial score (nSPS) is 11.8. The molecule has 0 aliphatic rings. The van der Waals surface area contributed by atoms with Crippen LogP contribution < -0.4 is 5.73 Å². The van der Waals surface area contributed by atoms with Gasteiger partial charge in [-0.05, 0) is 12.5 Å². The fourth-order valence-corrected chi connectivity index (χ4v) is 1.38. The van der Waals surface area contributed by atoms with E-state index < -0.39 is 12.0 Å². The van der Waals surface area contributed by atoms with Crippen molar-refractivity contribution in [1.82, 2.24) is 4.57 Å². The van der Waals surface area contributed by atoms with E-state index in [0.29, 0.717) is 17.8 Å². The first-order valence-electron chi connectivity index (χ1n) is 4.59. The van der Waals surface area contributed by atoms with Crippen molar-refractivity contribution in [3.8, 4) is 6.07 Å². The van der Waals surface area contributed by atoms with Crippen LogP contribution in [-0.4, -0.2) is 17.6 Å². The predicted octanol–water partition coefficient (Wildman–Crippen LogP) is 1.33. The van der Waals surface area contributed by atoms with E-state index in [4.69, 9.17) is 11.0 Å². The molecule has 5 nitrogen and oxygen atoms in total. The Hall–Kier alpha value is -1.96. The number of nitriles is 1. The minimum Gasteiger partial charge on any atom is -0.464 e. The van der Waals surface area contributed by atoms with Crippen molar-refractivity contribution < 1.29 is 9.53 Å². The van der Waals surface area contributed by atoms with Gasteiger partial charge in [-0.3, -0.25) is 0 Å². The number of methoxy groups -OCH3 is 1. The van der Waals surface area contributed by atoms with Crippen LogP contribution in [-0.2, 0) is 4.74 Å². The lowest BCUT2D eigenvalue weighted by Crippen LogP contribution is -2.13. The van der Waals surface area contributed by atoms with Crippen LogP contribution in [0, 0.1) is 11.3 Å². The Labute approximate surface area is 88.0 Å². The van der Waals surface area contributed by atoms with Gasteiger partial charge in [0.15, 0.2) is 0 Å². The van der Waals surface area contributed by atoms with Crippen molar-refractivity contribution in [3.05, 3.63) is 18.0 Å². The van der Waals surface area contributed by atoms with Crippen molar-refractivity contribution in [2.75, 3.05) is 12.8 Å². The van der Waals surface area contributed by atoms with Crippen LogP contribution in [0.1, 0.15) is 29.9 Å². The number of hydrogen-bond acceptors (Lipinski definition) is 4. The number of anilines is 1. The molecule has 0 aliphatic heterocycles. The van der Waals surface area contributed by atoms with E-state index >= 15 is 0 Å². The van der Waals surface area contributed by atoms with Gasteiger partial charge in [-0.2, -0.15) is 5.26 Å². The summed E-state index contributed by atoms with van der Waals surface area (Å²) in [5.74, 6) is -0.486. The summed E-state index contributed by atoms with van der Waals surface area (Å²) in [6.45, 7) is 1.87. The minimum atomic E-state index is -0.486. The van der Waals surface area contributed by atoms with Gasteiger partial charge in [0, 0.05) is 6.20 Å². The zero-order valence-corrected chi connectivity index (χ0v) is 8.73. The molecule has 2 N–H and O–H groups in total. The van der Waals surface area contributed by atoms with Crippen molar-refractivity contribution in [2.24, 2.45) is 0 Å². The Morgan fingerprint density at radius 3 is 2.93 bits per heavy atom. The summed E-state index contributed by atoms with van der Waals surface area (Å²) in [4.78, 5) is 11.4. The van der Waals surface area contributed by atoms with E-state index in [1.807, 2.05) is 6.92 Å². The molecule has 1 aromatic rings. The molecule has 1 rings (SSSR count). The van der Waals surface area contributed by atoms with Crippen LogP contribution in [0.25, 0.3) is 0 Å². The molecule has 1 atom stereocenters. The molecule has 0 radical (unpaired) electrons. The maximum Gasteiger partial charge on any atom is 0.354 e. The fraction of sp³-hybridized carbons (Fsp3) is 0.400. The van der Waals surface area contributed by atoms with E-state index in [9.17, 15) is 4.79 Å². The zero-order valence-electron chi connectivity index (χ0n) is 8.73. The van der Waals surface area contributed by atoms with Crippen molar-refractivity contribution in [3.63, 3.8) is 0 Å². The van der Waals surface area contributed by atoms with Gasteiger partial charge in [0.25, 0.3) is 0 Å². The smallest absolute Gasteiger partial charge is 0.354 e. The second kappa shape index (κ2) is 4.51. The Balaban J connectivity index is 3.17. The number of nitrogen functional groups attached to an aromatic ring is 1. The number of hydrogen-bond donors (Lipinski definition) is 1. The largest absolute Gasteiger partial charge is 0.464 e. The second-order valence-corrected chi connectivity index (χ2v) is 3.11. The first-order valence-corrected chi connectivity index (χ1v) is 4.59. The van der Waals surface area contributed by atoms with Gasteiger partial charge in [0.1, 0.15) is 11.7 Å². The van der Waals surface area contributed by atoms with Gasteiger partial charge in [-0.25, -0.2) is 4.79 Å². The van der Waals surface area contributed by atoms with Crippen LogP contribution in [0.5, 0.6) is 0 Å². The van der Waals surface area contributed by atoms with Crippen LogP contribution in [0.2, 0.25) is 0 Å². The molecule has 0 spiro atoms. The summed E-state index contributed by atoms with van der Waals surface area (Å²) in [5, 5.41) is 8.90. The molecule has 0 aliphatic carbocycles. The third-order valence-electron chi connectivity index (χ3n) is 2.14. The summed E-state index contributed by atoms with van der Waals surface area (Å²) >= 11 is 0. The number of ether oxygens (including phenoxy) is 1. The summed E-state index contributed by atoms with van der Waals surface area (Å²) in [6.07, 6.45) is 2.18. The Morgan fingerprint density at radius 2 is 2.47 bits per heavy atom. The van der Waals surface area contributed by atoms with Gasteiger partial charge in [0.2, 0.25) is 0 Å². The van der Waals surface area contributed by atoms with Crippen LogP contribution in [0.15, 0.2) is 12.3 Å². The lowest BCUT2D eigenvalue weighted by atomic mass is 10.2. The summed E-state index contributed by atoms with van der Waals surface area (Å²) in [7, 11) is 1.29. The number of nitrogens with two attached hydrogens (primary N) is 1. The number of carbonyl (C=O) groups is 1. The van der Waals surface area contributed by atoms with Crippen molar-refractivity contribution in [1.29, 1.82) is 5.26 Å². The highest BCUT2D eigenvalue weighted by atomic mass is 16.5. The molecular weight excluding hydrogens is 194 g/mol. The molecular formula is C10H13N3O2. The van der Waals surface area contributed by atoms with E-state index in [0.717, 1.165) is 0 Å². The highest BCUT2D eigenvalue weighted by molar-refractivity contribution is 5.89. The third-order valence-corrected chi connectivity index (χ3v) is 2.14. The zero-order chi connectivity index (χ0) is 11.4. The average molecular weight is 207 g/mol. The predicted molar refractivity (Wildman–Crippen MR) is 55.1 cm³/mol. The Kier molecular flexibility index (Phi) is 3.34. The van der Waals surface area contributed by atoms with Crippen molar-refractivity contribution >= 4 is 11.7 Å². The van der Waals surface area contributed by atoms with Crippen molar-refractivity contribution in [2.45, 2.75) is 19.4 Å². The Morgan fingerprint density at radius 1 is 1.80 bits per heavy atom. The number of nitrogens with zero attached hydrogens (tertiary/aromatic N) is 2. The summed E-state index contributed by atoms with van der Waals surface area (Å²) < 4.78 is 6.15. The van der Waals surface area contributed by atoms with Gasteiger partial charge < -0.3 is 15.0 Å². The number of carbonyl (C=O) groups excluding carboxylic acids is 1. The fourth-order valence-electron chi connectivity index (χ4n) is 1.38. The molecule has 0 fully saturated rings. The molecule has 0 aromatic carbocycles. The quantitative estimate of drug-likeness (QED) is 0.758. The molecule has 80 valence electrons. The maximum atomic E-state index is 11.4. The summed E-state index contributed by atoms with van der Waals surface area (Å²) in [6, 6.07) is 3.21. The lowest BCUT2D eigenvalue weighted by molar-refractivity contribution is 0.0587. The molecule has 0 bridgehead atoms. The number of rotatable bonds is 3. The molecule has 5 heteroatoms. The van der Waals surface area contributed by atoms with Crippen LogP contribution in [0.3, 0.4) is 0 Å². The lowest BCUT2D eigenvalue weighted by Gasteiger charge is -2.11. The van der Waals surface area contributed by atoms with Crippen LogP contribution in [0.4, 0.5) is 5.69 Å². The summed E-state index contributed by atoms with van der Waals surface area (Å²) in [5.41, 5.74) is 6.34. The monoisotopic (exact) mass is 207 g/mol. The van der Waals surface area contributed by atoms with Gasteiger partial charge in [-0.15, -0.1) is 0 Å². The van der Waals surface area contributed by atoms with E-state index in [2.05, 4.69) is 10.8 Å². The molecule has 1 unspecified atom stereocenters. The average Bonchev–Trinajstić information content (AvgIpc) is 2.61. The topological polar surface area (TPSA) is 81.0 Å². The molecule has 0 saturated carbocycles. The number of aromatic nitrogens is 1. The standard InChI is InChI=1S/C10H13N3O2/c1-3-8(5-11)13-6-7(12)4-9(13)10(14)15-2/h4,6,8H,3,12H2,1-2H3. The molecule has 1 heterocycles. The van der Waals surface area contributed by atoms with Gasteiger partial charge in [0.05, 0.1) is 18.9 Å². The number of esters is 1. The van der Waals surface area contributed by atoms with E-state index in [1.54, 1.807) is 10.8 Å². The molecule has 0 amide bonds. The first kappa shape index (κ1) is 11.1. The van der Waals surface area contributed by atoms with Crippen LogP contribution >= 0.6 is 0 Å². The SMILES string of the molecule is CCC(C#N)n1cc(N)cc1C(=O)OC. The second-order valence-electron chi connectivity index (χ2n) is 3.11. The Bertz CT molecular complexity index is 403. The van der Waals surface area contributed by atoms with Gasteiger partial charge in [-0.1, -0.05) is 6.92 Å². The minimum absolute atomic E-state index is 0.309. The van der Waals surface area contributed by atoms with E-state index in [-0.39, 0.29) is 0 Å². The van der Waals surface area contributed by atoms with E-state index in [1.165, 1.54) is 13.2 Å². The molecule has 1 aromatic heterocycles. The molecule has 15 heavy (non-hydrogen) atoms. The van der Waals surface area contributed by atoms with Gasteiger partial charge >= 0.3 is 5.97 Å². The molecule has 0 saturated heterocycles.